The van der Waals surface area contributed by atoms with Crippen LogP contribution in [-0.2, 0) is 6.42 Å². The molecule has 1 aromatic carbocycles. The quantitative estimate of drug-likeness (QED) is 0.851. The molecule has 1 amide bonds. The number of aliphatic hydroxyl groups is 1. The summed E-state index contributed by atoms with van der Waals surface area (Å²) in [7, 11) is 0. The van der Waals surface area contributed by atoms with Crippen LogP contribution in [-0.4, -0.2) is 24.2 Å². The highest BCUT2D eigenvalue weighted by Gasteiger charge is 2.08. The highest BCUT2D eigenvalue weighted by molar-refractivity contribution is 7.14. The molecule has 0 aliphatic heterocycles. The average molecular weight is 303 g/mol. The van der Waals surface area contributed by atoms with E-state index in [1.54, 1.807) is 30.3 Å². The second kappa shape index (κ2) is 7.58. The van der Waals surface area contributed by atoms with Gasteiger partial charge in [0.2, 0.25) is 0 Å². The largest absolute Gasteiger partial charge is 0.384 e. The molecule has 0 saturated heterocycles. The number of hydrogen-bond acceptors (Lipinski definition) is 3. The highest BCUT2D eigenvalue weighted by Crippen LogP contribution is 2.15. The van der Waals surface area contributed by atoms with E-state index in [1.807, 2.05) is 0 Å². The lowest BCUT2D eigenvalue weighted by Crippen LogP contribution is -2.25. The third kappa shape index (κ3) is 4.42. The molecular formula is C16H14FNO2S. The van der Waals surface area contributed by atoms with Gasteiger partial charge in [-0.05, 0) is 30.2 Å². The van der Waals surface area contributed by atoms with Gasteiger partial charge in [0.15, 0.2) is 0 Å². The second-order valence-electron chi connectivity index (χ2n) is 4.22. The van der Waals surface area contributed by atoms with E-state index in [0.29, 0.717) is 23.4 Å². The number of halogens is 1. The Morgan fingerprint density at radius 1 is 1.29 bits per heavy atom. The zero-order valence-corrected chi connectivity index (χ0v) is 12.0. The predicted molar refractivity (Wildman–Crippen MR) is 80.7 cm³/mol. The number of rotatable bonds is 4. The van der Waals surface area contributed by atoms with E-state index in [4.69, 9.17) is 5.11 Å². The van der Waals surface area contributed by atoms with Gasteiger partial charge in [0.25, 0.3) is 5.91 Å². The van der Waals surface area contributed by atoms with E-state index < -0.39 is 0 Å². The third-order valence-electron chi connectivity index (χ3n) is 2.76. The Labute approximate surface area is 126 Å². The zero-order valence-electron chi connectivity index (χ0n) is 11.2. The lowest BCUT2D eigenvalue weighted by Gasteiger charge is -2.04. The Bertz CT molecular complexity index is 685. The van der Waals surface area contributed by atoms with Gasteiger partial charge < -0.3 is 10.4 Å². The maximum atomic E-state index is 13.4. The van der Waals surface area contributed by atoms with Gasteiger partial charge in [-0.15, -0.1) is 11.3 Å². The summed E-state index contributed by atoms with van der Waals surface area (Å²) in [5.41, 5.74) is 0.582. The van der Waals surface area contributed by atoms with Crippen LogP contribution >= 0.6 is 11.3 Å². The Hall–Kier alpha value is -2.16. The number of benzene rings is 1. The van der Waals surface area contributed by atoms with E-state index in [2.05, 4.69) is 17.2 Å². The lowest BCUT2D eigenvalue weighted by molar-refractivity contribution is 0.0958. The number of thiophene rings is 1. The summed E-state index contributed by atoms with van der Waals surface area (Å²) in [6.07, 6.45) is 0.445. The smallest absolute Gasteiger partial charge is 0.261 e. The van der Waals surface area contributed by atoms with E-state index in [1.165, 1.54) is 17.4 Å². The summed E-state index contributed by atoms with van der Waals surface area (Å²) in [6.45, 7) is 0.164. The molecule has 0 bridgehead atoms. The van der Waals surface area contributed by atoms with Crippen LogP contribution in [0.1, 0.15) is 20.1 Å². The van der Waals surface area contributed by atoms with Crippen LogP contribution in [0.3, 0.4) is 0 Å². The van der Waals surface area contributed by atoms with Crippen molar-refractivity contribution in [1.29, 1.82) is 0 Å². The average Bonchev–Trinajstić information content (AvgIpc) is 2.96. The molecule has 0 aliphatic rings. The summed E-state index contributed by atoms with van der Waals surface area (Å²) < 4.78 is 13.4. The summed E-state index contributed by atoms with van der Waals surface area (Å²) in [4.78, 5) is 13.2. The van der Waals surface area contributed by atoms with Gasteiger partial charge in [0, 0.05) is 6.54 Å². The van der Waals surface area contributed by atoms with Gasteiger partial charge in [-0.2, -0.15) is 0 Å². The van der Waals surface area contributed by atoms with Gasteiger partial charge in [0.05, 0.1) is 9.75 Å². The second-order valence-corrected chi connectivity index (χ2v) is 5.30. The first kappa shape index (κ1) is 15.2. The first-order chi connectivity index (χ1) is 10.2. The van der Waals surface area contributed by atoms with E-state index in [-0.39, 0.29) is 18.3 Å². The van der Waals surface area contributed by atoms with Crippen molar-refractivity contribution >= 4 is 17.2 Å². The van der Waals surface area contributed by atoms with Gasteiger partial charge >= 0.3 is 0 Å². The SMILES string of the molecule is O=C(NCCc1ccccc1F)c1ccc(C#CCO)s1. The van der Waals surface area contributed by atoms with Crippen LogP contribution in [0.5, 0.6) is 0 Å². The van der Waals surface area contributed by atoms with Gasteiger partial charge in [0.1, 0.15) is 12.4 Å². The number of carbonyl (C=O) groups is 1. The molecule has 0 aliphatic carbocycles. The van der Waals surface area contributed by atoms with Gasteiger partial charge in [-0.3, -0.25) is 4.79 Å². The van der Waals surface area contributed by atoms with Crippen molar-refractivity contribution in [1.82, 2.24) is 5.32 Å². The Balaban J connectivity index is 1.87. The third-order valence-corrected chi connectivity index (χ3v) is 3.76. The molecule has 1 heterocycles. The Morgan fingerprint density at radius 3 is 2.86 bits per heavy atom. The fraction of sp³-hybridized carbons (Fsp3) is 0.188. The molecular weight excluding hydrogens is 289 g/mol. The lowest BCUT2D eigenvalue weighted by atomic mass is 10.1. The molecule has 2 rings (SSSR count). The maximum absolute atomic E-state index is 13.4. The first-order valence-electron chi connectivity index (χ1n) is 6.42. The standard InChI is InChI=1S/C16H14FNO2S/c17-14-6-2-1-4-12(14)9-10-18-16(20)15-8-7-13(21-15)5-3-11-19/h1-2,4,6-8,19H,9-11H2,(H,18,20). The minimum absolute atomic E-state index is 0.201. The number of hydrogen-bond donors (Lipinski definition) is 2. The number of amides is 1. The van der Waals surface area contributed by atoms with E-state index in [0.717, 1.165) is 4.88 Å². The van der Waals surface area contributed by atoms with Crippen molar-refractivity contribution in [3.8, 4) is 11.8 Å². The molecule has 108 valence electrons. The maximum Gasteiger partial charge on any atom is 0.261 e. The van der Waals surface area contributed by atoms with Crippen molar-refractivity contribution in [2.75, 3.05) is 13.2 Å². The molecule has 5 heteroatoms. The van der Waals surface area contributed by atoms with Gasteiger partial charge in [-0.25, -0.2) is 4.39 Å². The molecule has 3 nitrogen and oxygen atoms in total. The molecule has 0 atom stereocenters. The Kier molecular flexibility index (Phi) is 5.50. The molecule has 0 spiro atoms. The fourth-order valence-corrected chi connectivity index (χ4v) is 2.55. The van der Waals surface area contributed by atoms with E-state index in [9.17, 15) is 9.18 Å². The van der Waals surface area contributed by atoms with Gasteiger partial charge in [-0.1, -0.05) is 30.0 Å². The molecule has 0 unspecified atom stereocenters. The summed E-state index contributed by atoms with van der Waals surface area (Å²) >= 11 is 1.26. The monoisotopic (exact) mass is 303 g/mol. The predicted octanol–water partition coefficient (Wildman–Crippen LogP) is 2.20. The van der Waals surface area contributed by atoms with Crippen LogP contribution in [0, 0.1) is 17.7 Å². The van der Waals surface area contributed by atoms with Crippen molar-refractivity contribution in [2.45, 2.75) is 6.42 Å². The van der Waals surface area contributed by atoms with Crippen molar-refractivity contribution < 1.29 is 14.3 Å². The normalized spacial score (nSPS) is 9.81. The van der Waals surface area contributed by atoms with Crippen molar-refractivity contribution in [2.24, 2.45) is 0 Å². The van der Waals surface area contributed by atoms with Crippen LogP contribution < -0.4 is 5.32 Å². The van der Waals surface area contributed by atoms with Crippen LogP contribution in [0.4, 0.5) is 4.39 Å². The first-order valence-corrected chi connectivity index (χ1v) is 7.23. The molecule has 0 saturated carbocycles. The molecule has 1 aromatic heterocycles. The highest BCUT2D eigenvalue weighted by atomic mass is 32.1. The number of carbonyl (C=O) groups excluding carboxylic acids is 1. The van der Waals surface area contributed by atoms with Crippen molar-refractivity contribution in [3.63, 3.8) is 0 Å². The molecule has 2 aromatic rings. The molecule has 21 heavy (non-hydrogen) atoms. The summed E-state index contributed by atoms with van der Waals surface area (Å²) in [5, 5.41) is 11.4. The number of nitrogens with one attached hydrogen (secondary N) is 1. The molecule has 2 N–H and O–H groups in total. The Morgan fingerprint density at radius 2 is 2.10 bits per heavy atom. The number of aliphatic hydroxyl groups excluding tert-OH is 1. The van der Waals surface area contributed by atoms with Crippen LogP contribution in [0.2, 0.25) is 0 Å². The fourth-order valence-electron chi connectivity index (χ4n) is 1.75. The van der Waals surface area contributed by atoms with Crippen molar-refractivity contribution in [3.05, 3.63) is 57.5 Å². The minimum Gasteiger partial charge on any atom is -0.384 e. The van der Waals surface area contributed by atoms with Crippen LogP contribution in [0.15, 0.2) is 36.4 Å². The summed E-state index contributed by atoms with van der Waals surface area (Å²) in [6, 6.07) is 9.94. The molecule has 0 fully saturated rings. The van der Waals surface area contributed by atoms with E-state index >= 15 is 0 Å². The van der Waals surface area contributed by atoms with Crippen LogP contribution in [0.25, 0.3) is 0 Å². The topological polar surface area (TPSA) is 49.3 Å². The minimum atomic E-state index is -0.260. The molecule has 0 radical (unpaired) electrons. The summed E-state index contributed by atoms with van der Waals surface area (Å²) in [5.74, 6) is 4.82. The zero-order chi connectivity index (χ0) is 15.1.